The van der Waals surface area contributed by atoms with Crippen molar-refractivity contribution in [1.82, 2.24) is 14.6 Å². The highest BCUT2D eigenvalue weighted by atomic mass is 32.2. The number of rotatable bonds is 5. The molecule has 2 heterocycles. The van der Waals surface area contributed by atoms with Crippen LogP contribution in [0.25, 0.3) is 0 Å². The topological polar surface area (TPSA) is 88.6 Å². The summed E-state index contributed by atoms with van der Waals surface area (Å²) in [5.41, 5.74) is 1.65. The minimum atomic E-state index is -3.80. The smallest absolute Gasteiger partial charge is 0.338 e. The number of benzene rings is 1. The van der Waals surface area contributed by atoms with Gasteiger partial charge in [0.2, 0.25) is 10.0 Å². The van der Waals surface area contributed by atoms with Crippen molar-refractivity contribution in [2.24, 2.45) is 0 Å². The van der Waals surface area contributed by atoms with Gasteiger partial charge in [-0.3, -0.25) is 4.98 Å². The van der Waals surface area contributed by atoms with Crippen molar-refractivity contribution in [3.8, 4) is 0 Å². The van der Waals surface area contributed by atoms with Crippen molar-refractivity contribution in [1.29, 1.82) is 0 Å². The van der Waals surface area contributed by atoms with Crippen LogP contribution in [0, 0.1) is 6.92 Å². The molecule has 8 heteroatoms. The highest BCUT2D eigenvalue weighted by Gasteiger charge is 2.35. The SMILES string of the molecule is CCOC(=O)c1ccc(C)c(S(=O)(=O)N2CCNCC2c2cccnc2)c1. The standard InChI is InChI=1S/C19H23N3O4S/c1-3-26-19(23)15-7-6-14(2)18(11-15)27(24,25)22-10-9-21-13-17(22)16-5-4-8-20-12-16/h4-8,11-12,17,21H,3,9-10,13H2,1-2H3. The van der Waals surface area contributed by atoms with E-state index in [4.69, 9.17) is 4.74 Å². The Bertz CT molecular complexity index is 916. The van der Waals surface area contributed by atoms with Gasteiger partial charge in [-0.05, 0) is 43.2 Å². The molecule has 1 atom stereocenters. The Hall–Kier alpha value is -2.29. The molecular formula is C19H23N3O4S. The Morgan fingerprint density at radius 1 is 1.37 bits per heavy atom. The van der Waals surface area contributed by atoms with Crippen LogP contribution in [0.4, 0.5) is 0 Å². The third-order valence-corrected chi connectivity index (χ3v) is 6.60. The molecule has 1 fully saturated rings. The normalized spacial score (nSPS) is 18.2. The first-order chi connectivity index (χ1) is 12.9. The van der Waals surface area contributed by atoms with Crippen LogP contribution in [0.1, 0.15) is 34.5 Å². The fourth-order valence-electron chi connectivity index (χ4n) is 3.18. The summed E-state index contributed by atoms with van der Waals surface area (Å²) in [5.74, 6) is -0.530. The molecule has 3 rings (SSSR count). The summed E-state index contributed by atoms with van der Waals surface area (Å²) in [6.07, 6.45) is 3.34. The number of pyridine rings is 1. The zero-order chi connectivity index (χ0) is 19.4. The Morgan fingerprint density at radius 2 is 2.19 bits per heavy atom. The summed E-state index contributed by atoms with van der Waals surface area (Å²) in [4.78, 5) is 16.3. The van der Waals surface area contributed by atoms with Crippen LogP contribution < -0.4 is 5.32 Å². The van der Waals surface area contributed by atoms with Gasteiger partial charge in [0.05, 0.1) is 23.1 Å². The average Bonchev–Trinajstić information content (AvgIpc) is 2.69. The summed E-state index contributed by atoms with van der Waals surface area (Å²) in [5, 5.41) is 3.24. The quantitative estimate of drug-likeness (QED) is 0.786. The van der Waals surface area contributed by atoms with Crippen molar-refractivity contribution in [3.05, 3.63) is 59.4 Å². The maximum atomic E-state index is 13.5. The van der Waals surface area contributed by atoms with Crippen molar-refractivity contribution < 1.29 is 17.9 Å². The second-order valence-electron chi connectivity index (χ2n) is 6.32. The molecule has 0 amide bonds. The lowest BCUT2D eigenvalue weighted by Gasteiger charge is -2.35. The van der Waals surface area contributed by atoms with Crippen LogP contribution in [0.5, 0.6) is 0 Å². The molecule has 0 bridgehead atoms. The zero-order valence-electron chi connectivity index (χ0n) is 15.4. The van der Waals surface area contributed by atoms with Gasteiger partial charge in [-0.2, -0.15) is 4.31 Å². The molecule has 27 heavy (non-hydrogen) atoms. The zero-order valence-corrected chi connectivity index (χ0v) is 16.2. The molecule has 2 aromatic rings. The van der Waals surface area contributed by atoms with E-state index in [1.165, 1.54) is 10.4 Å². The van der Waals surface area contributed by atoms with Gasteiger partial charge in [-0.15, -0.1) is 0 Å². The molecule has 1 saturated heterocycles. The van der Waals surface area contributed by atoms with E-state index in [-0.39, 0.29) is 23.1 Å². The molecule has 1 aliphatic heterocycles. The first-order valence-electron chi connectivity index (χ1n) is 8.85. The van der Waals surface area contributed by atoms with Crippen LogP contribution >= 0.6 is 0 Å². The van der Waals surface area contributed by atoms with Gasteiger partial charge < -0.3 is 10.1 Å². The molecule has 0 spiro atoms. The van der Waals surface area contributed by atoms with Crippen LogP contribution in [-0.4, -0.2) is 49.9 Å². The van der Waals surface area contributed by atoms with Gasteiger partial charge >= 0.3 is 5.97 Å². The van der Waals surface area contributed by atoms with Crippen LogP contribution in [0.3, 0.4) is 0 Å². The van der Waals surface area contributed by atoms with Gasteiger partial charge in [-0.25, -0.2) is 13.2 Å². The second kappa shape index (κ2) is 8.16. The van der Waals surface area contributed by atoms with Gasteiger partial charge in [0.1, 0.15) is 0 Å². The van der Waals surface area contributed by atoms with E-state index >= 15 is 0 Å². The fraction of sp³-hybridized carbons (Fsp3) is 0.368. The van der Waals surface area contributed by atoms with E-state index in [0.29, 0.717) is 25.2 Å². The number of ether oxygens (including phenoxy) is 1. The lowest BCUT2D eigenvalue weighted by molar-refractivity contribution is 0.0526. The molecule has 1 N–H and O–H groups in total. The lowest BCUT2D eigenvalue weighted by Crippen LogP contribution is -2.48. The number of carbonyl (C=O) groups excluding carboxylic acids is 1. The Balaban J connectivity index is 2.02. The molecule has 0 aliphatic carbocycles. The summed E-state index contributed by atoms with van der Waals surface area (Å²) >= 11 is 0. The number of nitrogens with one attached hydrogen (secondary N) is 1. The number of aryl methyl sites for hydroxylation is 1. The first-order valence-corrected chi connectivity index (χ1v) is 10.3. The molecule has 7 nitrogen and oxygen atoms in total. The Labute approximate surface area is 159 Å². The highest BCUT2D eigenvalue weighted by Crippen LogP contribution is 2.30. The van der Waals surface area contributed by atoms with Crippen LogP contribution in [0.15, 0.2) is 47.6 Å². The van der Waals surface area contributed by atoms with E-state index in [1.807, 2.05) is 6.07 Å². The van der Waals surface area contributed by atoms with Crippen molar-refractivity contribution in [2.75, 3.05) is 26.2 Å². The molecule has 0 saturated carbocycles. The summed E-state index contributed by atoms with van der Waals surface area (Å²) < 4.78 is 33.4. The van der Waals surface area contributed by atoms with E-state index < -0.39 is 16.0 Å². The van der Waals surface area contributed by atoms with Crippen molar-refractivity contribution in [3.63, 3.8) is 0 Å². The van der Waals surface area contributed by atoms with E-state index in [2.05, 4.69) is 10.3 Å². The van der Waals surface area contributed by atoms with Crippen LogP contribution in [-0.2, 0) is 14.8 Å². The monoisotopic (exact) mass is 389 g/mol. The Kier molecular flexibility index (Phi) is 5.88. The molecule has 144 valence electrons. The predicted octanol–water partition coefficient (Wildman–Crippen LogP) is 1.90. The van der Waals surface area contributed by atoms with Crippen molar-refractivity contribution >= 4 is 16.0 Å². The Morgan fingerprint density at radius 3 is 2.89 bits per heavy atom. The lowest BCUT2D eigenvalue weighted by atomic mass is 10.1. The number of carbonyl (C=O) groups is 1. The number of nitrogens with zero attached hydrogens (tertiary/aromatic N) is 2. The van der Waals surface area contributed by atoms with Gasteiger partial charge in [0.25, 0.3) is 0 Å². The molecule has 1 aliphatic rings. The third-order valence-electron chi connectivity index (χ3n) is 4.55. The minimum absolute atomic E-state index is 0.129. The number of hydrogen-bond donors (Lipinski definition) is 1. The number of piperazine rings is 1. The van der Waals surface area contributed by atoms with Crippen LogP contribution in [0.2, 0.25) is 0 Å². The molecule has 0 radical (unpaired) electrons. The summed E-state index contributed by atoms with van der Waals surface area (Å²) in [7, 11) is -3.80. The minimum Gasteiger partial charge on any atom is -0.462 e. The van der Waals surface area contributed by atoms with E-state index in [9.17, 15) is 13.2 Å². The fourth-order valence-corrected chi connectivity index (χ4v) is 5.04. The number of sulfonamides is 1. The maximum Gasteiger partial charge on any atom is 0.338 e. The average molecular weight is 389 g/mol. The van der Waals surface area contributed by atoms with E-state index in [0.717, 1.165) is 5.56 Å². The number of hydrogen-bond acceptors (Lipinski definition) is 6. The summed E-state index contributed by atoms with van der Waals surface area (Å²) in [6, 6.07) is 7.94. The number of esters is 1. The van der Waals surface area contributed by atoms with Gasteiger partial charge in [0.15, 0.2) is 0 Å². The van der Waals surface area contributed by atoms with Gasteiger partial charge in [0, 0.05) is 32.0 Å². The number of aromatic nitrogens is 1. The maximum absolute atomic E-state index is 13.5. The predicted molar refractivity (Wildman–Crippen MR) is 101 cm³/mol. The molecule has 1 aromatic heterocycles. The highest BCUT2D eigenvalue weighted by molar-refractivity contribution is 7.89. The first kappa shape index (κ1) is 19.5. The second-order valence-corrected chi connectivity index (χ2v) is 8.18. The van der Waals surface area contributed by atoms with E-state index in [1.54, 1.807) is 44.4 Å². The van der Waals surface area contributed by atoms with Gasteiger partial charge in [-0.1, -0.05) is 12.1 Å². The third kappa shape index (κ3) is 4.02. The largest absolute Gasteiger partial charge is 0.462 e. The van der Waals surface area contributed by atoms with Crippen molar-refractivity contribution in [2.45, 2.75) is 24.8 Å². The molecule has 1 unspecified atom stereocenters. The molecule has 1 aromatic carbocycles. The molecular weight excluding hydrogens is 366 g/mol. The summed E-state index contributed by atoms with van der Waals surface area (Å²) in [6.45, 7) is 5.07.